The molecular weight excluding hydrogens is 387 g/mol. The third kappa shape index (κ3) is 3.87. The molecule has 1 fully saturated rings. The van der Waals surface area contributed by atoms with Crippen LogP contribution in [-0.4, -0.2) is 40.8 Å². The summed E-state index contributed by atoms with van der Waals surface area (Å²) in [4.78, 5) is 9.42. The molecule has 3 heterocycles. The Morgan fingerprint density at radius 2 is 1.83 bits per heavy atom. The van der Waals surface area contributed by atoms with Crippen LogP contribution in [0.2, 0.25) is 0 Å². The molecule has 0 radical (unpaired) electrons. The molecule has 1 aliphatic carbocycles. The van der Waals surface area contributed by atoms with Gasteiger partial charge in [-0.15, -0.1) is 0 Å². The smallest absolute Gasteiger partial charge is 0.367 e. The van der Waals surface area contributed by atoms with Crippen molar-refractivity contribution >= 4 is 17.6 Å². The molecule has 154 valence electrons. The van der Waals surface area contributed by atoms with Crippen molar-refractivity contribution in [2.75, 3.05) is 10.6 Å². The highest BCUT2D eigenvalue weighted by molar-refractivity contribution is 5.55. The third-order valence-corrected chi connectivity index (χ3v) is 4.68. The number of aryl methyl sites for hydroxylation is 1. The fourth-order valence-corrected chi connectivity index (χ4v) is 2.79. The van der Waals surface area contributed by atoms with E-state index in [1.54, 1.807) is 30.2 Å². The maximum atomic E-state index is 13.2. The number of hydrogen-bond acceptors (Lipinski definition) is 7. The summed E-state index contributed by atoms with van der Waals surface area (Å²) in [6, 6.07) is 1.78. The van der Waals surface area contributed by atoms with Crippen molar-refractivity contribution in [1.82, 2.24) is 34.7 Å². The summed E-state index contributed by atoms with van der Waals surface area (Å²) in [5.74, 6) is 0.351. The predicted octanol–water partition coefficient (Wildman–Crippen LogP) is 2.92. The molecule has 0 spiro atoms. The predicted molar refractivity (Wildman–Crippen MR) is 98.6 cm³/mol. The van der Waals surface area contributed by atoms with Gasteiger partial charge in [0.25, 0.3) is 0 Å². The van der Waals surface area contributed by atoms with E-state index >= 15 is 0 Å². The van der Waals surface area contributed by atoms with Crippen LogP contribution in [-0.2, 0) is 18.8 Å². The highest BCUT2D eigenvalue weighted by Crippen LogP contribution is 2.36. The van der Waals surface area contributed by atoms with E-state index in [9.17, 15) is 13.2 Å². The van der Waals surface area contributed by atoms with E-state index in [1.165, 1.54) is 4.80 Å². The summed E-state index contributed by atoms with van der Waals surface area (Å²) >= 11 is 0. The lowest BCUT2D eigenvalue weighted by molar-refractivity contribution is -0.137. The van der Waals surface area contributed by atoms with Gasteiger partial charge in [-0.05, 0) is 26.7 Å². The Balaban J connectivity index is 1.62. The first-order valence-electron chi connectivity index (χ1n) is 9.03. The lowest BCUT2D eigenvalue weighted by Crippen LogP contribution is -2.30. The SMILES string of the molecule is Cn1nc(C(C)(C)n2nccn2)cc1Nc1ncc(C(F)(F)F)c(NC2CC2)n1. The maximum absolute atomic E-state index is 13.2. The fourth-order valence-electron chi connectivity index (χ4n) is 2.79. The largest absolute Gasteiger partial charge is 0.421 e. The number of nitrogens with one attached hydrogen (secondary N) is 2. The van der Waals surface area contributed by atoms with E-state index in [-0.39, 0.29) is 17.8 Å². The van der Waals surface area contributed by atoms with Gasteiger partial charge in [-0.1, -0.05) is 0 Å². The highest BCUT2D eigenvalue weighted by atomic mass is 19.4. The first kappa shape index (κ1) is 19.2. The van der Waals surface area contributed by atoms with Gasteiger partial charge in [-0.25, -0.2) is 4.98 Å². The molecule has 9 nitrogen and oxygen atoms in total. The van der Waals surface area contributed by atoms with Gasteiger partial charge in [-0.3, -0.25) is 4.68 Å². The summed E-state index contributed by atoms with van der Waals surface area (Å²) in [5, 5.41) is 18.6. The zero-order valence-corrected chi connectivity index (χ0v) is 16.1. The lowest BCUT2D eigenvalue weighted by Gasteiger charge is -2.20. The molecule has 0 saturated heterocycles. The zero-order valence-electron chi connectivity index (χ0n) is 16.1. The molecule has 3 aromatic heterocycles. The Morgan fingerprint density at radius 1 is 1.14 bits per heavy atom. The molecule has 0 aromatic carbocycles. The van der Waals surface area contributed by atoms with Crippen LogP contribution in [0.4, 0.5) is 30.8 Å². The first-order valence-corrected chi connectivity index (χ1v) is 9.03. The van der Waals surface area contributed by atoms with Gasteiger partial charge < -0.3 is 10.6 Å². The number of hydrogen-bond donors (Lipinski definition) is 2. The molecule has 1 saturated carbocycles. The molecule has 0 aliphatic heterocycles. The van der Waals surface area contributed by atoms with Crippen LogP contribution in [0.15, 0.2) is 24.7 Å². The van der Waals surface area contributed by atoms with Crippen LogP contribution in [0.5, 0.6) is 0 Å². The second-order valence-corrected chi connectivity index (χ2v) is 7.41. The quantitative estimate of drug-likeness (QED) is 0.648. The average molecular weight is 407 g/mol. The van der Waals surface area contributed by atoms with Crippen LogP contribution >= 0.6 is 0 Å². The summed E-state index contributed by atoms with van der Waals surface area (Å²) in [6.07, 6.45) is 1.06. The standard InChI is InChI=1S/C17H20F3N9/c1-16(2,29-22-6-7-23-29)12-8-13(28(3)27-12)25-15-21-9-11(17(18,19)20)14(26-15)24-10-4-5-10/h6-10H,4-5H2,1-3H3,(H2,21,24,25,26). The van der Waals surface area contributed by atoms with E-state index in [0.29, 0.717) is 11.5 Å². The molecular formula is C17H20F3N9. The van der Waals surface area contributed by atoms with Gasteiger partial charge in [0, 0.05) is 25.4 Å². The monoisotopic (exact) mass is 407 g/mol. The number of aromatic nitrogens is 7. The highest BCUT2D eigenvalue weighted by Gasteiger charge is 2.37. The molecule has 1 aliphatic rings. The number of alkyl halides is 3. The molecule has 0 bridgehead atoms. The van der Waals surface area contributed by atoms with Crippen molar-refractivity contribution in [3.8, 4) is 0 Å². The van der Waals surface area contributed by atoms with E-state index in [2.05, 4.69) is 35.9 Å². The van der Waals surface area contributed by atoms with Crippen molar-refractivity contribution in [3.63, 3.8) is 0 Å². The fraction of sp³-hybridized carbons (Fsp3) is 0.471. The first-order chi connectivity index (χ1) is 13.6. The number of nitrogens with zero attached hydrogens (tertiary/aromatic N) is 7. The Bertz CT molecular complexity index is 1000. The summed E-state index contributed by atoms with van der Waals surface area (Å²) in [5.41, 5.74) is -0.839. The molecule has 4 rings (SSSR count). The average Bonchev–Trinajstić information content (AvgIpc) is 3.13. The minimum Gasteiger partial charge on any atom is -0.367 e. The van der Waals surface area contributed by atoms with Crippen molar-refractivity contribution in [2.45, 2.75) is 44.4 Å². The van der Waals surface area contributed by atoms with Crippen molar-refractivity contribution < 1.29 is 13.2 Å². The minimum atomic E-state index is -4.53. The van der Waals surface area contributed by atoms with Crippen molar-refractivity contribution in [1.29, 1.82) is 0 Å². The van der Waals surface area contributed by atoms with Gasteiger partial charge >= 0.3 is 6.18 Å². The Labute approximate surface area is 164 Å². The maximum Gasteiger partial charge on any atom is 0.421 e. The van der Waals surface area contributed by atoms with Gasteiger partial charge in [0.2, 0.25) is 5.95 Å². The number of halogens is 3. The van der Waals surface area contributed by atoms with Crippen LogP contribution in [0, 0.1) is 0 Å². The molecule has 12 heteroatoms. The second-order valence-electron chi connectivity index (χ2n) is 7.41. The molecule has 3 aromatic rings. The van der Waals surface area contributed by atoms with Crippen LogP contribution < -0.4 is 10.6 Å². The topological polar surface area (TPSA) is 98.4 Å². The summed E-state index contributed by atoms with van der Waals surface area (Å²) < 4.78 is 41.3. The van der Waals surface area contributed by atoms with Gasteiger partial charge in [0.1, 0.15) is 22.7 Å². The Morgan fingerprint density at radius 3 is 2.45 bits per heavy atom. The normalized spacial score (nSPS) is 14.8. The Kier molecular flexibility index (Phi) is 4.43. The van der Waals surface area contributed by atoms with Crippen molar-refractivity contribution in [2.24, 2.45) is 7.05 Å². The zero-order chi connectivity index (χ0) is 20.8. The third-order valence-electron chi connectivity index (χ3n) is 4.68. The van der Waals surface area contributed by atoms with Crippen molar-refractivity contribution in [3.05, 3.63) is 35.9 Å². The van der Waals surface area contributed by atoms with E-state index in [1.807, 2.05) is 13.8 Å². The van der Waals surface area contributed by atoms with Crippen LogP contribution in [0.3, 0.4) is 0 Å². The van der Waals surface area contributed by atoms with E-state index in [0.717, 1.165) is 19.0 Å². The lowest BCUT2D eigenvalue weighted by atomic mass is 10.0. The molecule has 2 N–H and O–H groups in total. The number of anilines is 3. The van der Waals surface area contributed by atoms with Gasteiger partial charge in [0.05, 0.1) is 18.1 Å². The Hall–Kier alpha value is -3.18. The van der Waals surface area contributed by atoms with Gasteiger partial charge in [0.15, 0.2) is 0 Å². The molecule has 0 atom stereocenters. The minimum absolute atomic E-state index is 0.0181. The molecule has 0 amide bonds. The number of rotatable bonds is 6. The van der Waals surface area contributed by atoms with Gasteiger partial charge in [-0.2, -0.15) is 38.2 Å². The van der Waals surface area contributed by atoms with E-state index < -0.39 is 17.3 Å². The van der Waals surface area contributed by atoms with Crippen LogP contribution in [0.25, 0.3) is 0 Å². The summed E-state index contributed by atoms with van der Waals surface area (Å²) in [7, 11) is 1.71. The molecule has 0 unspecified atom stereocenters. The van der Waals surface area contributed by atoms with E-state index in [4.69, 9.17) is 0 Å². The second kappa shape index (κ2) is 6.71. The summed E-state index contributed by atoms with van der Waals surface area (Å²) in [6.45, 7) is 3.82. The molecule has 29 heavy (non-hydrogen) atoms. The van der Waals surface area contributed by atoms with Crippen LogP contribution in [0.1, 0.15) is 37.9 Å².